The molecule has 0 saturated carbocycles. The number of aromatic nitrogens is 6. The predicted molar refractivity (Wildman–Crippen MR) is 310 cm³/mol. The number of benzene rings is 11. The summed E-state index contributed by atoms with van der Waals surface area (Å²) in [5.74, 6) is 1.88. The van der Waals surface area contributed by atoms with Crippen molar-refractivity contribution in [1.29, 1.82) is 0 Å². The molecule has 4 heterocycles. The Bertz CT molecular complexity index is 4410. The summed E-state index contributed by atoms with van der Waals surface area (Å²) >= 11 is 0. The average molecular weight is 957 g/mol. The zero-order valence-corrected chi connectivity index (χ0v) is 40.6. The molecule has 15 rings (SSSR count). The predicted octanol–water partition coefficient (Wildman–Crippen LogP) is 17.5. The number of hydrogen-bond donors (Lipinski definition) is 0. The third-order valence-electron chi connectivity index (χ3n) is 14.9. The standard InChI is InChI=1S/C69H44N6/c1-5-18-45(19-6-1)67-70-68(46-20-7-2-8-21-46)72-69(71-67)51-22-17-27-54(40-51)75-65-38-34-49(47-32-36-63-57(41-47)55-28-13-15-30-61(55)73(63)52-23-9-3-10-24-52)43-59(65)60-44-50(35-39-66(60)75)48-33-37-64-58(42-48)56-29-14-16-31-62(56)74(64)53-25-11-4-12-26-53/h1-44H. The van der Waals surface area contributed by atoms with E-state index in [0.717, 1.165) is 67.0 Å². The Morgan fingerprint density at radius 3 is 0.893 bits per heavy atom. The van der Waals surface area contributed by atoms with Crippen molar-refractivity contribution < 1.29 is 0 Å². The van der Waals surface area contributed by atoms with Gasteiger partial charge in [0.1, 0.15) is 0 Å². The first-order valence-electron chi connectivity index (χ1n) is 25.4. The van der Waals surface area contributed by atoms with Crippen LogP contribution in [0.4, 0.5) is 0 Å². The molecule has 4 aromatic heterocycles. The van der Waals surface area contributed by atoms with Crippen molar-refractivity contribution in [3.05, 3.63) is 267 Å². The van der Waals surface area contributed by atoms with E-state index < -0.39 is 0 Å². The van der Waals surface area contributed by atoms with E-state index >= 15 is 0 Å². The molecule has 0 atom stereocenters. The van der Waals surface area contributed by atoms with Crippen molar-refractivity contribution in [2.24, 2.45) is 0 Å². The Hall–Kier alpha value is -10.2. The first-order valence-corrected chi connectivity index (χ1v) is 25.4. The maximum absolute atomic E-state index is 5.12. The quantitative estimate of drug-likeness (QED) is 0.152. The van der Waals surface area contributed by atoms with Crippen LogP contribution in [0.1, 0.15) is 0 Å². The summed E-state index contributed by atoms with van der Waals surface area (Å²) in [5.41, 5.74) is 17.7. The molecule has 6 nitrogen and oxygen atoms in total. The van der Waals surface area contributed by atoms with Gasteiger partial charge < -0.3 is 13.7 Å². The van der Waals surface area contributed by atoms with E-state index in [1.54, 1.807) is 0 Å². The summed E-state index contributed by atoms with van der Waals surface area (Å²) in [4.78, 5) is 15.2. The minimum Gasteiger partial charge on any atom is -0.309 e. The molecular weight excluding hydrogens is 913 g/mol. The average Bonchev–Trinajstić information content (AvgIpc) is 4.20. The number of nitrogens with zero attached hydrogens (tertiary/aromatic N) is 6. The van der Waals surface area contributed by atoms with Gasteiger partial charge in [-0.25, -0.2) is 15.0 Å². The lowest BCUT2D eigenvalue weighted by molar-refractivity contribution is 1.07. The maximum atomic E-state index is 5.12. The minimum absolute atomic E-state index is 0.614. The van der Waals surface area contributed by atoms with Gasteiger partial charge in [0.05, 0.1) is 33.1 Å². The summed E-state index contributed by atoms with van der Waals surface area (Å²) < 4.78 is 7.14. The highest BCUT2D eigenvalue weighted by atomic mass is 15.0. The molecule has 11 aromatic carbocycles. The summed E-state index contributed by atoms with van der Waals surface area (Å²) in [6.45, 7) is 0. The van der Waals surface area contributed by atoms with Gasteiger partial charge in [-0.3, -0.25) is 0 Å². The highest BCUT2D eigenvalue weighted by molar-refractivity contribution is 6.14. The number of fused-ring (bicyclic) bond motifs is 9. The molecule has 0 N–H and O–H groups in total. The van der Waals surface area contributed by atoms with Crippen LogP contribution in [0.25, 0.3) is 139 Å². The summed E-state index contributed by atoms with van der Waals surface area (Å²) in [6, 6.07) is 95.5. The van der Waals surface area contributed by atoms with Crippen molar-refractivity contribution in [1.82, 2.24) is 28.7 Å². The lowest BCUT2D eigenvalue weighted by Crippen LogP contribution is -2.01. The zero-order valence-electron chi connectivity index (χ0n) is 40.6. The van der Waals surface area contributed by atoms with E-state index in [2.05, 4.69) is 220 Å². The smallest absolute Gasteiger partial charge is 0.164 e. The molecule has 0 aliphatic carbocycles. The molecule has 350 valence electrons. The van der Waals surface area contributed by atoms with Crippen LogP contribution in [0.5, 0.6) is 0 Å². The van der Waals surface area contributed by atoms with Gasteiger partial charge in [0.15, 0.2) is 17.5 Å². The Morgan fingerprint density at radius 1 is 0.187 bits per heavy atom. The summed E-state index contributed by atoms with van der Waals surface area (Å²) in [6.07, 6.45) is 0. The fourth-order valence-electron chi connectivity index (χ4n) is 11.4. The lowest BCUT2D eigenvalue weighted by Gasteiger charge is -2.12. The van der Waals surface area contributed by atoms with Gasteiger partial charge in [0, 0.05) is 66.1 Å². The van der Waals surface area contributed by atoms with Crippen molar-refractivity contribution in [3.63, 3.8) is 0 Å². The fraction of sp³-hybridized carbons (Fsp3) is 0. The number of rotatable bonds is 8. The molecule has 0 bridgehead atoms. The second-order valence-electron chi connectivity index (χ2n) is 19.2. The highest BCUT2D eigenvalue weighted by Crippen LogP contribution is 2.41. The Labute approximate surface area is 432 Å². The van der Waals surface area contributed by atoms with Crippen LogP contribution in [-0.4, -0.2) is 28.7 Å². The van der Waals surface area contributed by atoms with Crippen LogP contribution in [0.15, 0.2) is 267 Å². The van der Waals surface area contributed by atoms with E-state index in [4.69, 9.17) is 15.0 Å². The topological polar surface area (TPSA) is 53.5 Å². The molecule has 15 aromatic rings. The second kappa shape index (κ2) is 17.3. The highest BCUT2D eigenvalue weighted by Gasteiger charge is 2.20. The molecule has 0 radical (unpaired) electrons. The number of para-hydroxylation sites is 4. The largest absolute Gasteiger partial charge is 0.309 e. The van der Waals surface area contributed by atoms with Gasteiger partial charge in [-0.15, -0.1) is 0 Å². The molecule has 0 fully saturated rings. The first-order chi connectivity index (χ1) is 37.2. The molecular formula is C69H44N6. The molecule has 0 aliphatic heterocycles. The van der Waals surface area contributed by atoms with Gasteiger partial charge in [0.2, 0.25) is 0 Å². The van der Waals surface area contributed by atoms with Crippen molar-refractivity contribution in [2.45, 2.75) is 0 Å². The van der Waals surface area contributed by atoms with Crippen LogP contribution in [0, 0.1) is 0 Å². The SMILES string of the molecule is c1ccc(-c2nc(-c3ccccc3)nc(-c3cccc(-n4c5ccc(-c6ccc7c(c6)c6ccccc6n7-c6ccccc6)cc5c5cc(-c6ccc7c(c6)c6ccccc6n7-c6ccccc6)ccc54)c3)n2)cc1. The maximum Gasteiger partial charge on any atom is 0.164 e. The summed E-state index contributed by atoms with van der Waals surface area (Å²) in [5, 5.41) is 7.24. The summed E-state index contributed by atoms with van der Waals surface area (Å²) in [7, 11) is 0. The van der Waals surface area contributed by atoms with Crippen molar-refractivity contribution in [2.75, 3.05) is 0 Å². The van der Waals surface area contributed by atoms with Gasteiger partial charge in [-0.05, 0) is 119 Å². The van der Waals surface area contributed by atoms with Crippen LogP contribution in [0.3, 0.4) is 0 Å². The first kappa shape index (κ1) is 42.5. The monoisotopic (exact) mass is 956 g/mol. The van der Waals surface area contributed by atoms with Gasteiger partial charge in [-0.1, -0.05) is 170 Å². The van der Waals surface area contributed by atoms with Gasteiger partial charge in [-0.2, -0.15) is 0 Å². The van der Waals surface area contributed by atoms with Crippen LogP contribution >= 0.6 is 0 Å². The Morgan fingerprint density at radius 2 is 0.480 bits per heavy atom. The van der Waals surface area contributed by atoms with Gasteiger partial charge >= 0.3 is 0 Å². The Balaban J connectivity index is 0.922. The van der Waals surface area contributed by atoms with E-state index in [1.165, 1.54) is 54.4 Å². The second-order valence-corrected chi connectivity index (χ2v) is 19.2. The normalized spacial score (nSPS) is 11.7. The third kappa shape index (κ3) is 7.07. The van der Waals surface area contributed by atoms with E-state index in [0.29, 0.717) is 17.5 Å². The van der Waals surface area contributed by atoms with Crippen LogP contribution in [0.2, 0.25) is 0 Å². The molecule has 0 spiro atoms. The van der Waals surface area contributed by atoms with Crippen LogP contribution in [-0.2, 0) is 0 Å². The Kier molecular flexibility index (Phi) is 9.78. The third-order valence-corrected chi connectivity index (χ3v) is 14.9. The molecule has 0 amide bonds. The molecule has 0 unspecified atom stereocenters. The number of hydrogen-bond acceptors (Lipinski definition) is 3. The van der Waals surface area contributed by atoms with Crippen molar-refractivity contribution in [3.8, 4) is 73.5 Å². The van der Waals surface area contributed by atoms with Crippen LogP contribution < -0.4 is 0 Å². The molecule has 0 saturated heterocycles. The molecule has 6 heteroatoms. The van der Waals surface area contributed by atoms with Gasteiger partial charge in [0.25, 0.3) is 0 Å². The van der Waals surface area contributed by atoms with E-state index in [9.17, 15) is 0 Å². The van der Waals surface area contributed by atoms with E-state index in [1.807, 2.05) is 60.7 Å². The lowest BCUT2D eigenvalue weighted by atomic mass is 9.98. The van der Waals surface area contributed by atoms with Crippen molar-refractivity contribution >= 4 is 65.4 Å². The fourth-order valence-corrected chi connectivity index (χ4v) is 11.4. The zero-order chi connectivity index (χ0) is 49.4. The molecule has 75 heavy (non-hydrogen) atoms. The minimum atomic E-state index is 0.614. The molecule has 0 aliphatic rings. The van der Waals surface area contributed by atoms with E-state index in [-0.39, 0.29) is 0 Å².